The summed E-state index contributed by atoms with van der Waals surface area (Å²) in [7, 11) is 0. The Morgan fingerprint density at radius 1 is 1.35 bits per heavy atom. The second-order valence-corrected chi connectivity index (χ2v) is 6.29. The molecule has 0 aliphatic heterocycles. The molecule has 1 saturated carbocycles. The fraction of sp³-hybridized carbons (Fsp3) is 0.500. The number of benzene rings is 1. The number of fused-ring (bicyclic) bond motifs is 1. The van der Waals surface area contributed by atoms with E-state index >= 15 is 0 Å². The zero-order chi connectivity index (χ0) is 16.2. The highest BCUT2D eigenvalue weighted by atomic mass is 16.5. The number of carbonyl (C=O) groups excluding carboxylic acids is 1. The average Bonchev–Trinajstić information content (AvgIpc) is 3.06. The quantitative estimate of drug-likeness (QED) is 0.857. The maximum Gasteiger partial charge on any atom is 0.306 e. The first-order chi connectivity index (χ1) is 11.1. The van der Waals surface area contributed by atoms with Crippen molar-refractivity contribution in [2.75, 3.05) is 0 Å². The standard InChI is InChI=1S/C18H22N2O3/c1-12(23-16(21)11-10-13-6-2-3-7-13)17-19-15-9-5-4-8-14(15)18(22)20-17/h4-5,8-9,12-13H,2-3,6-7,10-11H2,1H3,(H,19,20,22)/t12-/m1/s1. The van der Waals surface area contributed by atoms with E-state index in [0.717, 1.165) is 6.42 Å². The fourth-order valence-electron chi connectivity index (χ4n) is 3.23. The second kappa shape index (κ2) is 6.94. The van der Waals surface area contributed by atoms with Crippen LogP contribution in [0.2, 0.25) is 0 Å². The number of H-pyrrole nitrogens is 1. The molecule has 1 fully saturated rings. The van der Waals surface area contributed by atoms with E-state index in [1.807, 2.05) is 6.07 Å². The Morgan fingerprint density at radius 2 is 2.09 bits per heavy atom. The molecule has 122 valence electrons. The summed E-state index contributed by atoms with van der Waals surface area (Å²) in [6.07, 6.45) is 5.78. The first kappa shape index (κ1) is 15.7. The molecule has 1 atom stereocenters. The Kier molecular flexibility index (Phi) is 4.74. The van der Waals surface area contributed by atoms with Crippen molar-refractivity contribution >= 4 is 16.9 Å². The summed E-state index contributed by atoms with van der Waals surface area (Å²) in [6.45, 7) is 1.74. The molecule has 5 heteroatoms. The van der Waals surface area contributed by atoms with Crippen LogP contribution in [0.4, 0.5) is 0 Å². The van der Waals surface area contributed by atoms with E-state index in [1.54, 1.807) is 25.1 Å². The molecule has 0 unspecified atom stereocenters. The van der Waals surface area contributed by atoms with Gasteiger partial charge in [-0.25, -0.2) is 4.98 Å². The third kappa shape index (κ3) is 3.78. The maximum atomic E-state index is 12.1. The molecular formula is C18H22N2O3. The van der Waals surface area contributed by atoms with Crippen molar-refractivity contribution in [1.29, 1.82) is 0 Å². The molecule has 3 rings (SSSR count). The molecule has 1 aromatic heterocycles. The van der Waals surface area contributed by atoms with Crippen LogP contribution in [0.1, 0.15) is 57.4 Å². The molecule has 0 spiro atoms. The monoisotopic (exact) mass is 314 g/mol. The summed E-state index contributed by atoms with van der Waals surface area (Å²) in [5.74, 6) is 0.833. The Balaban J connectivity index is 1.64. The van der Waals surface area contributed by atoms with E-state index < -0.39 is 6.10 Å². The van der Waals surface area contributed by atoms with Crippen LogP contribution in [0, 0.1) is 5.92 Å². The van der Waals surface area contributed by atoms with Crippen molar-refractivity contribution in [3.05, 3.63) is 40.4 Å². The molecule has 1 aliphatic rings. The lowest BCUT2D eigenvalue weighted by molar-refractivity contribution is -0.149. The number of nitrogens with one attached hydrogen (secondary N) is 1. The first-order valence-corrected chi connectivity index (χ1v) is 8.32. The topological polar surface area (TPSA) is 72.0 Å². The highest BCUT2D eigenvalue weighted by Gasteiger charge is 2.19. The number of rotatable bonds is 5. The number of ether oxygens (including phenoxy) is 1. The zero-order valence-corrected chi connectivity index (χ0v) is 13.4. The van der Waals surface area contributed by atoms with E-state index in [-0.39, 0.29) is 11.5 Å². The zero-order valence-electron chi connectivity index (χ0n) is 13.4. The van der Waals surface area contributed by atoms with Gasteiger partial charge in [-0.1, -0.05) is 37.8 Å². The summed E-state index contributed by atoms with van der Waals surface area (Å²) in [6, 6.07) is 7.13. The molecule has 0 saturated heterocycles. The molecule has 1 aromatic carbocycles. The van der Waals surface area contributed by atoms with E-state index in [9.17, 15) is 9.59 Å². The summed E-state index contributed by atoms with van der Waals surface area (Å²) >= 11 is 0. The van der Waals surface area contributed by atoms with Crippen LogP contribution in [0.25, 0.3) is 10.9 Å². The van der Waals surface area contributed by atoms with Gasteiger partial charge in [0.1, 0.15) is 0 Å². The molecule has 5 nitrogen and oxygen atoms in total. The number of hydrogen-bond acceptors (Lipinski definition) is 4. The van der Waals surface area contributed by atoms with Crippen molar-refractivity contribution < 1.29 is 9.53 Å². The van der Waals surface area contributed by atoms with E-state index in [2.05, 4.69) is 9.97 Å². The van der Waals surface area contributed by atoms with Gasteiger partial charge in [0.2, 0.25) is 0 Å². The second-order valence-electron chi connectivity index (χ2n) is 6.29. The van der Waals surface area contributed by atoms with Gasteiger partial charge in [-0.3, -0.25) is 9.59 Å². The number of esters is 1. The Morgan fingerprint density at radius 3 is 2.87 bits per heavy atom. The van der Waals surface area contributed by atoms with Gasteiger partial charge in [-0.15, -0.1) is 0 Å². The van der Waals surface area contributed by atoms with Gasteiger partial charge in [0.15, 0.2) is 11.9 Å². The molecule has 1 N–H and O–H groups in total. The molecule has 1 aliphatic carbocycles. The van der Waals surface area contributed by atoms with Crippen LogP contribution in [0.5, 0.6) is 0 Å². The van der Waals surface area contributed by atoms with Gasteiger partial charge in [-0.05, 0) is 31.4 Å². The Hall–Kier alpha value is -2.17. The van der Waals surface area contributed by atoms with Crippen LogP contribution < -0.4 is 5.56 Å². The summed E-state index contributed by atoms with van der Waals surface area (Å²) < 4.78 is 5.43. The highest BCUT2D eigenvalue weighted by Crippen LogP contribution is 2.28. The van der Waals surface area contributed by atoms with Gasteiger partial charge in [0.05, 0.1) is 10.9 Å². The number of hydrogen-bond donors (Lipinski definition) is 1. The molecule has 0 radical (unpaired) electrons. The largest absolute Gasteiger partial charge is 0.454 e. The van der Waals surface area contributed by atoms with Gasteiger partial charge >= 0.3 is 5.97 Å². The lowest BCUT2D eigenvalue weighted by Gasteiger charge is -2.14. The maximum absolute atomic E-state index is 12.1. The first-order valence-electron chi connectivity index (χ1n) is 8.32. The number of para-hydroxylation sites is 1. The predicted molar refractivity (Wildman–Crippen MR) is 88.1 cm³/mol. The SMILES string of the molecule is C[C@@H](OC(=O)CCC1CCCC1)c1nc2ccccc2c(=O)[nH]1. The predicted octanol–water partition coefficient (Wildman–Crippen LogP) is 3.50. The minimum atomic E-state index is -0.552. The molecular weight excluding hydrogens is 292 g/mol. The fourth-order valence-corrected chi connectivity index (χ4v) is 3.23. The molecule has 2 aromatic rings. The van der Waals surface area contributed by atoms with Gasteiger partial charge in [0.25, 0.3) is 5.56 Å². The Bertz CT molecular complexity index is 747. The number of aromatic amines is 1. The van der Waals surface area contributed by atoms with Crippen LogP contribution in [-0.2, 0) is 9.53 Å². The van der Waals surface area contributed by atoms with Crippen LogP contribution >= 0.6 is 0 Å². The average molecular weight is 314 g/mol. The smallest absolute Gasteiger partial charge is 0.306 e. The van der Waals surface area contributed by atoms with Gasteiger partial charge < -0.3 is 9.72 Å². The Labute approximate surface area is 135 Å². The van der Waals surface area contributed by atoms with Crippen molar-refractivity contribution in [3.8, 4) is 0 Å². The highest BCUT2D eigenvalue weighted by molar-refractivity contribution is 5.77. The van der Waals surface area contributed by atoms with Crippen LogP contribution in [0.15, 0.2) is 29.1 Å². The third-order valence-corrected chi connectivity index (χ3v) is 4.56. The van der Waals surface area contributed by atoms with Gasteiger partial charge in [-0.2, -0.15) is 0 Å². The normalized spacial score (nSPS) is 16.6. The lowest BCUT2D eigenvalue weighted by Crippen LogP contribution is -2.17. The number of carbonyl (C=O) groups is 1. The lowest BCUT2D eigenvalue weighted by atomic mass is 10.0. The van der Waals surface area contributed by atoms with Crippen LogP contribution in [-0.4, -0.2) is 15.9 Å². The van der Waals surface area contributed by atoms with E-state index in [0.29, 0.717) is 29.1 Å². The molecule has 0 amide bonds. The van der Waals surface area contributed by atoms with E-state index in [1.165, 1.54) is 25.7 Å². The molecule has 23 heavy (non-hydrogen) atoms. The van der Waals surface area contributed by atoms with Gasteiger partial charge in [0, 0.05) is 6.42 Å². The summed E-state index contributed by atoms with van der Waals surface area (Å²) in [5.41, 5.74) is 0.402. The van der Waals surface area contributed by atoms with Crippen molar-refractivity contribution in [2.24, 2.45) is 5.92 Å². The van der Waals surface area contributed by atoms with E-state index in [4.69, 9.17) is 4.74 Å². The summed E-state index contributed by atoms with van der Waals surface area (Å²) in [5, 5.41) is 0.538. The minimum absolute atomic E-state index is 0.209. The number of aromatic nitrogens is 2. The third-order valence-electron chi connectivity index (χ3n) is 4.56. The molecule has 1 heterocycles. The van der Waals surface area contributed by atoms with Crippen LogP contribution in [0.3, 0.4) is 0 Å². The van der Waals surface area contributed by atoms with Crippen molar-refractivity contribution in [1.82, 2.24) is 9.97 Å². The van der Waals surface area contributed by atoms with Crippen molar-refractivity contribution in [2.45, 2.75) is 51.6 Å². The minimum Gasteiger partial charge on any atom is -0.454 e. The number of nitrogens with zero attached hydrogens (tertiary/aromatic N) is 1. The van der Waals surface area contributed by atoms with Crippen molar-refractivity contribution in [3.63, 3.8) is 0 Å². The molecule has 0 bridgehead atoms. The summed E-state index contributed by atoms with van der Waals surface area (Å²) in [4.78, 5) is 31.1.